The highest BCUT2D eigenvalue weighted by Crippen LogP contribution is 2.33. The van der Waals surface area contributed by atoms with Crippen molar-refractivity contribution in [1.82, 2.24) is 19.4 Å². The number of benzene rings is 2. The van der Waals surface area contributed by atoms with Gasteiger partial charge in [0.05, 0.1) is 23.1 Å². The Balaban J connectivity index is 2.15. The molecule has 1 heterocycles. The highest BCUT2D eigenvalue weighted by molar-refractivity contribution is 6.36. The molecule has 0 bridgehead atoms. The Hall–Kier alpha value is -2.45. The highest BCUT2D eigenvalue weighted by Gasteiger charge is 2.31. The highest BCUT2D eigenvalue weighted by atomic mass is 35.5. The van der Waals surface area contributed by atoms with Crippen molar-refractivity contribution in [2.75, 3.05) is 14.1 Å². The molecule has 0 saturated carbocycles. The minimum absolute atomic E-state index is 0.0657. The fraction of sp³-hybridized carbons (Fsp3) is 0.190. The SMILES string of the molecule is CN(C)C(=O)N(C(N)=Nc1ccc(Cl)cc1Cl)C(Cn1ccnc1)c1ccc(Cl)cc1Cl. The summed E-state index contributed by atoms with van der Waals surface area (Å²) in [6, 6.07) is 8.85. The molecule has 2 amide bonds. The molecule has 11 heteroatoms. The van der Waals surface area contributed by atoms with E-state index >= 15 is 0 Å². The Labute approximate surface area is 206 Å². The zero-order valence-electron chi connectivity index (χ0n) is 17.2. The summed E-state index contributed by atoms with van der Waals surface area (Å²) in [6.07, 6.45) is 5.06. The van der Waals surface area contributed by atoms with E-state index in [0.717, 1.165) is 0 Å². The summed E-state index contributed by atoms with van der Waals surface area (Å²) in [6.45, 7) is 0.311. The molecule has 2 N–H and O–H groups in total. The molecular formula is C21H20Cl4N6O. The zero-order chi connectivity index (χ0) is 23.4. The van der Waals surface area contributed by atoms with Crippen LogP contribution in [0.25, 0.3) is 0 Å². The van der Waals surface area contributed by atoms with E-state index in [-0.39, 0.29) is 5.96 Å². The number of nitrogens with zero attached hydrogens (tertiary/aromatic N) is 5. The van der Waals surface area contributed by atoms with E-state index in [1.54, 1.807) is 69.2 Å². The van der Waals surface area contributed by atoms with E-state index in [2.05, 4.69) is 9.98 Å². The van der Waals surface area contributed by atoms with Crippen LogP contribution in [-0.4, -0.2) is 45.4 Å². The number of amides is 2. The van der Waals surface area contributed by atoms with E-state index < -0.39 is 12.1 Å². The van der Waals surface area contributed by atoms with Crippen molar-refractivity contribution in [2.24, 2.45) is 10.7 Å². The van der Waals surface area contributed by atoms with Crippen molar-refractivity contribution in [2.45, 2.75) is 12.6 Å². The van der Waals surface area contributed by atoms with Gasteiger partial charge in [-0.25, -0.2) is 14.8 Å². The third-order valence-electron chi connectivity index (χ3n) is 4.56. The number of halogens is 4. The number of aliphatic imine (C=N–C) groups is 1. The molecule has 0 aliphatic carbocycles. The molecule has 0 aliphatic rings. The topological polar surface area (TPSA) is 79.8 Å². The fourth-order valence-electron chi connectivity index (χ4n) is 3.04. The minimum Gasteiger partial charge on any atom is -0.369 e. The Morgan fingerprint density at radius 2 is 1.75 bits per heavy atom. The Morgan fingerprint density at radius 1 is 1.09 bits per heavy atom. The molecule has 0 saturated heterocycles. The lowest BCUT2D eigenvalue weighted by Crippen LogP contribution is -2.49. The standard InChI is InChI=1S/C21H20Cl4N6O/c1-29(2)21(32)31(20(26)28-18-6-4-14(23)10-17(18)25)19(11-30-8-7-27-12-30)15-5-3-13(22)9-16(15)24/h3-10,12,19H,11H2,1-2H3,(H2,26,28). The predicted octanol–water partition coefficient (Wildman–Crippen LogP) is 5.87. The first kappa shape index (κ1) is 24.2. The first-order valence-corrected chi connectivity index (χ1v) is 10.9. The van der Waals surface area contributed by atoms with E-state index in [4.69, 9.17) is 52.1 Å². The molecule has 1 aromatic heterocycles. The number of guanidine groups is 1. The average molecular weight is 514 g/mol. The first-order chi connectivity index (χ1) is 15.2. The van der Waals surface area contributed by atoms with Crippen molar-refractivity contribution in [3.63, 3.8) is 0 Å². The smallest absolute Gasteiger partial charge is 0.326 e. The van der Waals surface area contributed by atoms with Crippen molar-refractivity contribution in [3.05, 3.63) is 80.8 Å². The zero-order valence-corrected chi connectivity index (χ0v) is 20.2. The van der Waals surface area contributed by atoms with E-state index in [1.165, 1.54) is 9.80 Å². The summed E-state index contributed by atoms with van der Waals surface area (Å²) >= 11 is 24.9. The van der Waals surface area contributed by atoms with Crippen molar-refractivity contribution >= 4 is 64.1 Å². The molecular weight excluding hydrogens is 494 g/mol. The summed E-state index contributed by atoms with van der Waals surface area (Å²) in [5.74, 6) is -0.0657. The quantitative estimate of drug-likeness (QED) is 0.342. The number of hydrogen-bond donors (Lipinski definition) is 1. The number of imidazole rings is 1. The number of nitrogens with two attached hydrogens (primary N) is 1. The van der Waals surface area contributed by atoms with Crippen LogP contribution in [0.3, 0.4) is 0 Å². The van der Waals surface area contributed by atoms with Gasteiger partial charge in [0.15, 0.2) is 0 Å². The Bertz CT molecular complexity index is 1130. The molecule has 0 fully saturated rings. The maximum absolute atomic E-state index is 13.3. The van der Waals surface area contributed by atoms with Crippen LogP contribution < -0.4 is 5.73 Å². The summed E-state index contributed by atoms with van der Waals surface area (Å²) in [5.41, 5.74) is 7.39. The van der Waals surface area contributed by atoms with Gasteiger partial charge in [-0.1, -0.05) is 52.5 Å². The monoisotopic (exact) mass is 512 g/mol. The lowest BCUT2D eigenvalue weighted by Gasteiger charge is -2.34. The summed E-state index contributed by atoms with van der Waals surface area (Å²) in [4.78, 5) is 24.5. The van der Waals surface area contributed by atoms with Crippen LogP contribution in [0.5, 0.6) is 0 Å². The van der Waals surface area contributed by atoms with Crippen molar-refractivity contribution < 1.29 is 4.79 Å². The van der Waals surface area contributed by atoms with E-state index in [1.807, 2.05) is 4.57 Å². The van der Waals surface area contributed by atoms with Crippen molar-refractivity contribution in [1.29, 1.82) is 0 Å². The number of carbonyl (C=O) groups is 1. The second kappa shape index (κ2) is 10.4. The van der Waals surface area contributed by atoms with Gasteiger partial charge in [0.1, 0.15) is 0 Å². The van der Waals surface area contributed by atoms with Gasteiger partial charge in [-0.05, 0) is 35.9 Å². The molecule has 0 aliphatic heterocycles. The summed E-state index contributed by atoms with van der Waals surface area (Å²) < 4.78 is 1.81. The largest absolute Gasteiger partial charge is 0.369 e. The molecule has 32 heavy (non-hydrogen) atoms. The van der Waals surface area contributed by atoms with Gasteiger partial charge < -0.3 is 15.2 Å². The molecule has 2 aromatic carbocycles. The second-order valence-corrected chi connectivity index (χ2v) is 8.74. The Morgan fingerprint density at radius 3 is 2.31 bits per heavy atom. The number of carbonyl (C=O) groups excluding carboxylic acids is 1. The molecule has 168 valence electrons. The second-order valence-electron chi connectivity index (χ2n) is 7.05. The number of aromatic nitrogens is 2. The third-order valence-corrected chi connectivity index (χ3v) is 5.66. The van der Waals surface area contributed by atoms with Crippen LogP contribution >= 0.6 is 46.4 Å². The number of urea groups is 1. The van der Waals surface area contributed by atoms with Gasteiger partial charge in [-0.15, -0.1) is 0 Å². The molecule has 3 aromatic rings. The molecule has 3 rings (SSSR count). The lowest BCUT2D eigenvalue weighted by atomic mass is 10.1. The fourth-order valence-corrected chi connectivity index (χ4v) is 4.03. The average Bonchev–Trinajstić information content (AvgIpc) is 3.23. The van der Waals surface area contributed by atoms with Crippen LogP contribution in [0, 0.1) is 0 Å². The summed E-state index contributed by atoms with van der Waals surface area (Å²) in [7, 11) is 3.24. The number of rotatable bonds is 5. The Kier molecular flexibility index (Phi) is 7.90. The predicted molar refractivity (Wildman–Crippen MR) is 130 cm³/mol. The summed E-state index contributed by atoms with van der Waals surface area (Å²) in [5, 5.41) is 1.62. The van der Waals surface area contributed by atoms with E-state index in [9.17, 15) is 4.79 Å². The minimum atomic E-state index is -0.626. The van der Waals surface area contributed by atoms with Gasteiger partial charge in [0.2, 0.25) is 5.96 Å². The van der Waals surface area contributed by atoms with Gasteiger partial charge in [-0.2, -0.15) is 0 Å². The van der Waals surface area contributed by atoms with Crippen LogP contribution in [0.2, 0.25) is 20.1 Å². The molecule has 0 spiro atoms. The normalized spacial score (nSPS) is 12.5. The van der Waals surface area contributed by atoms with Gasteiger partial charge >= 0.3 is 6.03 Å². The lowest BCUT2D eigenvalue weighted by molar-refractivity contribution is 0.177. The molecule has 1 atom stereocenters. The van der Waals surface area contributed by atoms with Crippen molar-refractivity contribution in [3.8, 4) is 0 Å². The van der Waals surface area contributed by atoms with Crippen LogP contribution in [0.4, 0.5) is 10.5 Å². The molecule has 7 nitrogen and oxygen atoms in total. The maximum atomic E-state index is 13.3. The van der Waals surface area contributed by atoms with E-state index in [0.29, 0.717) is 37.9 Å². The van der Waals surface area contributed by atoms with Crippen LogP contribution in [-0.2, 0) is 6.54 Å². The first-order valence-electron chi connectivity index (χ1n) is 9.37. The van der Waals surface area contributed by atoms with Gasteiger partial charge in [0, 0.05) is 48.1 Å². The maximum Gasteiger partial charge on any atom is 0.326 e. The van der Waals surface area contributed by atoms with Gasteiger partial charge in [-0.3, -0.25) is 4.90 Å². The third kappa shape index (κ3) is 5.66. The molecule has 1 unspecified atom stereocenters. The van der Waals surface area contributed by atoms with Gasteiger partial charge in [0.25, 0.3) is 0 Å². The number of hydrogen-bond acceptors (Lipinski definition) is 3. The van der Waals surface area contributed by atoms with Crippen LogP contribution in [0.1, 0.15) is 11.6 Å². The van der Waals surface area contributed by atoms with Crippen LogP contribution in [0.15, 0.2) is 60.1 Å². The molecule has 0 radical (unpaired) electrons.